The Hall–Kier alpha value is -4.04. The third-order valence-corrected chi connectivity index (χ3v) is 5.66. The van der Waals surface area contributed by atoms with E-state index in [1.807, 2.05) is 0 Å². The average molecular weight is 568 g/mol. The van der Waals surface area contributed by atoms with Gasteiger partial charge in [0.1, 0.15) is 5.69 Å². The number of alkyl halides is 3. The smallest absolute Gasteiger partial charge is 0.352 e. The fraction of sp³-hybridized carbons (Fsp3) is 0.227. The monoisotopic (exact) mass is 567 g/mol. The summed E-state index contributed by atoms with van der Waals surface area (Å²) < 4.78 is 41.4. The van der Waals surface area contributed by atoms with Gasteiger partial charge in [0.15, 0.2) is 5.82 Å². The summed E-state index contributed by atoms with van der Waals surface area (Å²) in [5.41, 5.74) is 0.685. The molecular weight excluding hydrogens is 550 g/mol. The van der Waals surface area contributed by atoms with Gasteiger partial charge in [0.05, 0.1) is 28.5 Å². The van der Waals surface area contributed by atoms with E-state index in [0.717, 1.165) is 4.68 Å². The van der Waals surface area contributed by atoms with E-state index in [1.165, 1.54) is 24.4 Å². The fourth-order valence-corrected chi connectivity index (χ4v) is 4.03. The molecule has 4 aromatic rings. The predicted molar refractivity (Wildman–Crippen MR) is 130 cm³/mol. The van der Waals surface area contributed by atoms with E-state index in [4.69, 9.17) is 23.2 Å². The lowest BCUT2D eigenvalue weighted by Gasteiger charge is -2.15. The SMILES string of the molecule is CCNC(=O)c1cc(Cl)cc(C)c1NC(=O)c1cc(Cn2nnnc2C(F)(F)F)nn1-c1ncccc1Cl. The Morgan fingerprint density at radius 3 is 2.58 bits per heavy atom. The van der Waals surface area contributed by atoms with E-state index in [1.54, 1.807) is 26.0 Å². The van der Waals surface area contributed by atoms with E-state index in [9.17, 15) is 22.8 Å². The van der Waals surface area contributed by atoms with Gasteiger partial charge >= 0.3 is 6.18 Å². The molecule has 0 aliphatic heterocycles. The fourth-order valence-electron chi connectivity index (χ4n) is 3.55. The topological polar surface area (TPSA) is 133 Å². The quantitative estimate of drug-likeness (QED) is 0.345. The summed E-state index contributed by atoms with van der Waals surface area (Å²) >= 11 is 12.4. The number of nitrogens with one attached hydrogen (secondary N) is 2. The molecule has 0 unspecified atom stereocenters. The first-order valence-electron chi connectivity index (χ1n) is 10.9. The number of hydrogen-bond donors (Lipinski definition) is 2. The highest BCUT2D eigenvalue weighted by atomic mass is 35.5. The number of rotatable bonds is 7. The first kappa shape index (κ1) is 27.0. The number of anilines is 1. The van der Waals surface area contributed by atoms with Crippen LogP contribution in [0.4, 0.5) is 18.9 Å². The summed E-state index contributed by atoms with van der Waals surface area (Å²) in [6, 6.07) is 7.28. The first-order valence-corrected chi connectivity index (χ1v) is 11.7. The second-order valence-corrected chi connectivity index (χ2v) is 8.70. The van der Waals surface area contributed by atoms with Crippen molar-refractivity contribution in [2.24, 2.45) is 0 Å². The van der Waals surface area contributed by atoms with E-state index in [2.05, 4.69) is 36.2 Å². The normalized spacial score (nSPS) is 11.4. The maximum absolute atomic E-state index is 13.5. The van der Waals surface area contributed by atoms with Crippen LogP contribution in [0.25, 0.3) is 5.82 Å². The molecule has 2 amide bonds. The second-order valence-electron chi connectivity index (χ2n) is 7.86. The Morgan fingerprint density at radius 1 is 1.13 bits per heavy atom. The van der Waals surface area contributed by atoms with Gasteiger partial charge in [-0.2, -0.15) is 18.3 Å². The van der Waals surface area contributed by atoms with Crippen LogP contribution in [0, 0.1) is 6.92 Å². The van der Waals surface area contributed by atoms with Crippen LogP contribution in [-0.4, -0.2) is 53.3 Å². The maximum atomic E-state index is 13.5. The van der Waals surface area contributed by atoms with Crippen LogP contribution in [-0.2, 0) is 12.7 Å². The summed E-state index contributed by atoms with van der Waals surface area (Å²) in [6.07, 6.45) is -3.40. The Labute approximate surface area is 222 Å². The van der Waals surface area contributed by atoms with Crippen molar-refractivity contribution in [2.45, 2.75) is 26.6 Å². The largest absolute Gasteiger partial charge is 0.453 e. The van der Waals surface area contributed by atoms with Crippen molar-refractivity contribution in [1.29, 1.82) is 0 Å². The molecule has 38 heavy (non-hydrogen) atoms. The highest BCUT2D eigenvalue weighted by Gasteiger charge is 2.38. The molecule has 0 aliphatic carbocycles. The molecule has 0 bridgehead atoms. The van der Waals surface area contributed by atoms with Gasteiger partial charge in [0, 0.05) is 17.8 Å². The molecule has 0 radical (unpaired) electrons. The van der Waals surface area contributed by atoms with Crippen molar-refractivity contribution < 1.29 is 22.8 Å². The van der Waals surface area contributed by atoms with Crippen LogP contribution in [0.5, 0.6) is 0 Å². The molecular formula is C22H18Cl2F3N9O2. The highest BCUT2D eigenvalue weighted by molar-refractivity contribution is 6.32. The summed E-state index contributed by atoms with van der Waals surface area (Å²) in [6.45, 7) is 3.21. The number of carbonyl (C=O) groups excluding carboxylic acids is 2. The summed E-state index contributed by atoms with van der Waals surface area (Å²) in [7, 11) is 0. The first-order chi connectivity index (χ1) is 18.0. The third-order valence-electron chi connectivity index (χ3n) is 5.15. The molecule has 3 heterocycles. The maximum Gasteiger partial charge on any atom is 0.453 e. The molecule has 198 valence electrons. The van der Waals surface area contributed by atoms with Crippen LogP contribution in [0.3, 0.4) is 0 Å². The van der Waals surface area contributed by atoms with Crippen LogP contribution in [0.1, 0.15) is 44.9 Å². The number of halogens is 5. The zero-order valence-corrected chi connectivity index (χ0v) is 21.2. The van der Waals surface area contributed by atoms with Crippen molar-refractivity contribution in [3.8, 4) is 5.82 Å². The lowest BCUT2D eigenvalue weighted by Crippen LogP contribution is -2.26. The van der Waals surface area contributed by atoms with Gasteiger partial charge in [0.2, 0.25) is 0 Å². The number of aromatic nitrogens is 7. The lowest BCUT2D eigenvalue weighted by atomic mass is 10.1. The van der Waals surface area contributed by atoms with Crippen LogP contribution >= 0.6 is 23.2 Å². The van der Waals surface area contributed by atoms with Gasteiger partial charge in [-0.25, -0.2) is 14.3 Å². The highest BCUT2D eigenvalue weighted by Crippen LogP contribution is 2.29. The predicted octanol–water partition coefficient (Wildman–Crippen LogP) is 3.94. The number of tetrazole rings is 1. The van der Waals surface area contributed by atoms with E-state index in [-0.39, 0.29) is 38.5 Å². The number of nitrogens with zero attached hydrogens (tertiary/aromatic N) is 7. The van der Waals surface area contributed by atoms with Crippen molar-refractivity contribution in [3.63, 3.8) is 0 Å². The minimum atomic E-state index is -4.81. The summed E-state index contributed by atoms with van der Waals surface area (Å²) in [4.78, 5) is 30.3. The average Bonchev–Trinajstić information content (AvgIpc) is 3.48. The standard InChI is InChI=1S/C22H18Cl2F3N9O2/c1-3-28-19(37)14-8-12(23)7-11(2)17(14)30-20(38)16-9-13(10-35-21(22(25,26)27)31-33-34-35)32-36(16)18-15(24)5-4-6-29-18/h4-9H,3,10H2,1-2H3,(H,28,37)(H,30,38). The Balaban J connectivity index is 1.77. The Morgan fingerprint density at radius 2 is 1.89 bits per heavy atom. The van der Waals surface area contributed by atoms with Gasteiger partial charge in [0.25, 0.3) is 17.6 Å². The molecule has 11 nitrogen and oxygen atoms in total. The Bertz CT molecular complexity index is 1520. The Kier molecular flexibility index (Phi) is 7.64. The molecule has 0 spiro atoms. The number of amides is 2. The zero-order valence-electron chi connectivity index (χ0n) is 19.7. The van der Waals surface area contributed by atoms with Crippen molar-refractivity contribution >= 4 is 40.7 Å². The lowest BCUT2D eigenvalue weighted by molar-refractivity contribution is -0.147. The molecule has 4 rings (SSSR count). The second kappa shape index (κ2) is 10.8. The minimum absolute atomic E-state index is 0.00597. The van der Waals surface area contributed by atoms with Crippen LogP contribution in [0.2, 0.25) is 10.0 Å². The molecule has 0 fully saturated rings. The molecule has 0 saturated carbocycles. The number of aryl methyl sites for hydroxylation is 1. The number of pyridine rings is 1. The summed E-state index contributed by atoms with van der Waals surface area (Å²) in [5.74, 6) is -2.49. The van der Waals surface area contributed by atoms with E-state index >= 15 is 0 Å². The van der Waals surface area contributed by atoms with Gasteiger partial charge in [-0.3, -0.25) is 9.59 Å². The van der Waals surface area contributed by atoms with E-state index < -0.39 is 30.4 Å². The molecule has 16 heteroatoms. The van der Waals surface area contributed by atoms with Gasteiger partial charge in [-0.1, -0.05) is 23.2 Å². The van der Waals surface area contributed by atoms with Crippen LogP contribution < -0.4 is 10.6 Å². The van der Waals surface area contributed by atoms with E-state index in [0.29, 0.717) is 16.8 Å². The third kappa shape index (κ3) is 5.60. The van der Waals surface area contributed by atoms with Crippen molar-refractivity contribution in [1.82, 2.24) is 40.3 Å². The number of hydrogen-bond acceptors (Lipinski definition) is 7. The van der Waals surface area contributed by atoms with Crippen molar-refractivity contribution in [3.05, 3.63) is 74.9 Å². The summed E-state index contributed by atoms with van der Waals surface area (Å²) in [5, 5.41) is 19.5. The number of benzene rings is 1. The van der Waals surface area contributed by atoms with Gasteiger partial charge < -0.3 is 10.6 Å². The van der Waals surface area contributed by atoms with Crippen molar-refractivity contribution in [2.75, 3.05) is 11.9 Å². The van der Waals surface area contributed by atoms with Gasteiger partial charge in [-0.15, -0.1) is 5.10 Å². The molecule has 3 aromatic heterocycles. The molecule has 0 aliphatic rings. The van der Waals surface area contributed by atoms with Crippen LogP contribution in [0.15, 0.2) is 36.5 Å². The molecule has 0 saturated heterocycles. The minimum Gasteiger partial charge on any atom is -0.352 e. The molecule has 2 N–H and O–H groups in total. The molecule has 1 aromatic carbocycles. The number of carbonyl (C=O) groups is 2. The zero-order chi connectivity index (χ0) is 27.6. The molecule has 0 atom stereocenters. The van der Waals surface area contributed by atoms with Gasteiger partial charge in [-0.05, 0) is 60.2 Å².